The van der Waals surface area contributed by atoms with Gasteiger partial charge in [0.2, 0.25) is 0 Å². The molecule has 7 nitrogen and oxygen atoms in total. The summed E-state index contributed by atoms with van der Waals surface area (Å²) in [6.45, 7) is 2.00. The number of methoxy groups -OCH3 is 1. The third-order valence-electron chi connectivity index (χ3n) is 4.59. The van der Waals surface area contributed by atoms with Crippen LogP contribution in [0.1, 0.15) is 41.6 Å². The molecule has 1 amide bonds. The Kier molecular flexibility index (Phi) is 5.89. The summed E-state index contributed by atoms with van der Waals surface area (Å²) in [6, 6.07) is 4.29. The molecule has 1 N–H and O–H groups in total. The van der Waals surface area contributed by atoms with Gasteiger partial charge in [0.1, 0.15) is 0 Å². The Labute approximate surface area is 140 Å². The summed E-state index contributed by atoms with van der Waals surface area (Å²) >= 11 is 0. The van der Waals surface area contributed by atoms with Crippen molar-refractivity contribution in [1.29, 1.82) is 0 Å². The number of amides is 1. The molecule has 2 rings (SSSR count). The summed E-state index contributed by atoms with van der Waals surface area (Å²) in [4.78, 5) is 34.5. The van der Waals surface area contributed by atoms with Crippen LogP contribution in [0.15, 0.2) is 18.2 Å². The van der Waals surface area contributed by atoms with Crippen LogP contribution < -0.4 is 5.32 Å². The van der Waals surface area contributed by atoms with E-state index in [0.29, 0.717) is 17.7 Å². The second kappa shape index (κ2) is 7.90. The highest BCUT2D eigenvalue weighted by Crippen LogP contribution is 2.30. The maximum absolute atomic E-state index is 12.3. The molecular formula is C17H22N2O5. The highest BCUT2D eigenvalue weighted by atomic mass is 16.6. The standard InChI is InChI=1S/C17H22N2O5/c1-11-9-12(7-8-15(11)19(22)23)16(20)18-10-13-5-3-4-6-14(13)17(21)24-2/h7-9,13-14H,3-6,10H2,1-2H3,(H,18,20). The van der Waals surface area contributed by atoms with E-state index in [1.807, 2.05) is 0 Å². The molecule has 130 valence electrons. The summed E-state index contributed by atoms with van der Waals surface area (Å²) in [6.07, 6.45) is 3.68. The van der Waals surface area contributed by atoms with E-state index in [0.717, 1.165) is 25.7 Å². The average molecular weight is 334 g/mol. The largest absolute Gasteiger partial charge is 0.469 e. The molecule has 1 aliphatic rings. The molecule has 0 spiro atoms. The second-order valence-corrected chi connectivity index (χ2v) is 6.14. The van der Waals surface area contributed by atoms with Gasteiger partial charge in [-0.15, -0.1) is 0 Å². The van der Waals surface area contributed by atoms with Crippen LogP contribution in [0.4, 0.5) is 5.69 Å². The molecule has 2 atom stereocenters. The second-order valence-electron chi connectivity index (χ2n) is 6.14. The number of carbonyl (C=O) groups is 2. The van der Waals surface area contributed by atoms with Crippen LogP contribution in [0, 0.1) is 28.9 Å². The number of esters is 1. The van der Waals surface area contributed by atoms with Gasteiger partial charge < -0.3 is 10.1 Å². The van der Waals surface area contributed by atoms with Crippen molar-refractivity contribution in [3.8, 4) is 0 Å². The van der Waals surface area contributed by atoms with Crippen molar-refractivity contribution in [3.05, 3.63) is 39.4 Å². The molecule has 7 heteroatoms. The Morgan fingerprint density at radius 1 is 1.33 bits per heavy atom. The highest BCUT2D eigenvalue weighted by molar-refractivity contribution is 5.94. The molecule has 1 aliphatic carbocycles. The van der Waals surface area contributed by atoms with Crippen LogP contribution in [0.25, 0.3) is 0 Å². The van der Waals surface area contributed by atoms with E-state index >= 15 is 0 Å². The van der Waals surface area contributed by atoms with E-state index in [-0.39, 0.29) is 29.4 Å². The Hall–Kier alpha value is -2.44. The Bertz CT molecular complexity index is 644. The first kappa shape index (κ1) is 17.9. The van der Waals surface area contributed by atoms with Gasteiger partial charge in [-0.3, -0.25) is 19.7 Å². The molecule has 2 unspecified atom stereocenters. The normalized spacial score (nSPS) is 20.2. The minimum absolute atomic E-state index is 0.00964. The van der Waals surface area contributed by atoms with E-state index in [1.165, 1.54) is 25.3 Å². The summed E-state index contributed by atoms with van der Waals surface area (Å²) in [5.41, 5.74) is 0.811. The first-order valence-corrected chi connectivity index (χ1v) is 8.05. The topological polar surface area (TPSA) is 98.5 Å². The van der Waals surface area contributed by atoms with Gasteiger partial charge in [0.05, 0.1) is 18.0 Å². The molecule has 0 heterocycles. The number of nitro groups is 1. The van der Waals surface area contributed by atoms with Gasteiger partial charge in [0.25, 0.3) is 11.6 Å². The quantitative estimate of drug-likeness (QED) is 0.507. The first-order chi connectivity index (χ1) is 11.4. The van der Waals surface area contributed by atoms with Crippen molar-refractivity contribution in [2.75, 3.05) is 13.7 Å². The van der Waals surface area contributed by atoms with Crippen molar-refractivity contribution >= 4 is 17.6 Å². The van der Waals surface area contributed by atoms with Gasteiger partial charge in [-0.25, -0.2) is 0 Å². The lowest BCUT2D eigenvalue weighted by Crippen LogP contribution is -2.37. The van der Waals surface area contributed by atoms with Gasteiger partial charge in [0, 0.05) is 23.7 Å². The fourth-order valence-corrected chi connectivity index (χ4v) is 3.24. The fraction of sp³-hybridized carbons (Fsp3) is 0.529. The van der Waals surface area contributed by atoms with Crippen molar-refractivity contribution in [3.63, 3.8) is 0 Å². The first-order valence-electron chi connectivity index (χ1n) is 8.05. The van der Waals surface area contributed by atoms with Gasteiger partial charge in [-0.1, -0.05) is 12.8 Å². The van der Waals surface area contributed by atoms with E-state index in [9.17, 15) is 19.7 Å². The van der Waals surface area contributed by atoms with E-state index in [4.69, 9.17) is 4.74 Å². The molecule has 1 aromatic rings. The average Bonchev–Trinajstić information content (AvgIpc) is 2.58. The number of hydrogen-bond acceptors (Lipinski definition) is 5. The molecular weight excluding hydrogens is 312 g/mol. The highest BCUT2D eigenvalue weighted by Gasteiger charge is 2.31. The van der Waals surface area contributed by atoms with Crippen LogP contribution in [0.5, 0.6) is 0 Å². The van der Waals surface area contributed by atoms with Crippen molar-refractivity contribution in [1.82, 2.24) is 5.32 Å². The lowest BCUT2D eigenvalue weighted by Gasteiger charge is -2.29. The predicted molar refractivity (Wildman–Crippen MR) is 87.6 cm³/mol. The number of nitrogens with one attached hydrogen (secondary N) is 1. The van der Waals surface area contributed by atoms with Crippen molar-refractivity contribution in [2.24, 2.45) is 11.8 Å². The van der Waals surface area contributed by atoms with Gasteiger partial charge in [-0.2, -0.15) is 0 Å². The molecule has 0 aliphatic heterocycles. The molecule has 0 saturated heterocycles. The zero-order valence-corrected chi connectivity index (χ0v) is 13.9. The van der Waals surface area contributed by atoms with Gasteiger partial charge in [0.15, 0.2) is 0 Å². The van der Waals surface area contributed by atoms with Crippen LogP contribution in [-0.4, -0.2) is 30.5 Å². The molecule has 0 radical (unpaired) electrons. The number of carbonyl (C=O) groups excluding carboxylic acids is 2. The monoisotopic (exact) mass is 334 g/mol. The van der Waals surface area contributed by atoms with Crippen LogP contribution in [0.2, 0.25) is 0 Å². The smallest absolute Gasteiger partial charge is 0.309 e. The third kappa shape index (κ3) is 4.10. The lowest BCUT2D eigenvalue weighted by atomic mass is 9.79. The molecule has 1 aromatic carbocycles. The van der Waals surface area contributed by atoms with Crippen LogP contribution >= 0.6 is 0 Å². The van der Waals surface area contributed by atoms with Crippen molar-refractivity contribution in [2.45, 2.75) is 32.6 Å². The lowest BCUT2D eigenvalue weighted by molar-refractivity contribution is -0.385. The molecule has 1 fully saturated rings. The number of hydrogen-bond donors (Lipinski definition) is 1. The Morgan fingerprint density at radius 2 is 2.04 bits per heavy atom. The zero-order chi connectivity index (χ0) is 17.7. The number of rotatable bonds is 5. The minimum atomic E-state index is -0.472. The number of benzene rings is 1. The molecule has 0 bridgehead atoms. The number of ether oxygens (including phenoxy) is 1. The Morgan fingerprint density at radius 3 is 2.67 bits per heavy atom. The van der Waals surface area contributed by atoms with E-state index in [1.54, 1.807) is 6.92 Å². The van der Waals surface area contributed by atoms with Crippen molar-refractivity contribution < 1.29 is 19.2 Å². The summed E-state index contributed by atoms with van der Waals surface area (Å²) in [5.74, 6) is -0.626. The number of aryl methyl sites for hydroxylation is 1. The van der Waals surface area contributed by atoms with E-state index < -0.39 is 4.92 Å². The number of nitrogens with zero attached hydrogens (tertiary/aromatic N) is 1. The molecule has 0 aromatic heterocycles. The molecule has 1 saturated carbocycles. The third-order valence-corrected chi connectivity index (χ3v) is 4.59. The zero-order valence-electron chi connectivity index (χ0n) is 13.9. The minimum Gasteiger partial charge on any atom is -0.469 e. The Balaban J connectivity index is 2.00. The van der Waals surface area contributed by atoms with Crippen LogP contribution in [0.3, 0.4) is 0 Å². The SMILES string of the molecule is COC(=O)C1CCCCC1CNC(=O)c1ccc([N+](=O)[O-])c(C)c1. The maximum Gasteiger partial charge on any atom is 0.309 e. The summed E-state index contributed by atoms with van der Waals surface area (Å²) < 4.78 is 4.85. The van der Waals surface area contributed by atoms with Gasteiger partial charge in [-0.05, 0) is 37.8 Å². The summed E-state index contributed by atoms with van der Waals surface area (Å²) in [5, 5.41) is 13.7. The van der Waals surface area contributed by atoms with Crippen LogP contribution in [-0.2, 0) is 9.53 Å². The maximum atomic E-state index is 12.3. The predicted octanol–water partition coefficient (Wildman–Crippen LogP) is 2.61. The van der Waals surface area contributed by atoms with Gasteiger partial charge >= 0.3 is 5.97 Å². The summed E-state index contributed by atoms with van der Waals surface area (Å²) in [7, 11) is 1.38. The number of nitro benzene ring substituents is 1. The molecule has 24 heavy (non-hydrogen) atoms. The van der Waals surface area contributed by atoms with E-state index in [2.05, 4.69) is 5.32 Å². The fourth-order valence-electron chi connectivity index (χ4n) is 3.24.